The van der Waals surface area contributed by atoms with Gasteiger partial charge in [-0.05, 0) is 31.4 Å². The van der Waals surface area contributed by atoms with E-state index < -0.39 is 0 Å². The molecule has 7 nitrogen and oxygen atoms in total. The minimum absolute atomic E-state index is 0.0361. The number of carbonyl (C=O) groups excluding carboxylic acids is 1. The molecular weight excluding hydrogens is 328 g/mol. The number of benzene rings is 1. The lowest BCUT2D eigenvalue weighted by atomic mass is 9.94. The summed E-state index contributed by atoms with van der Waals surface area (Å²) in [6.45, 7) is 3.97. The Kier molecular flexibility index (Phi) is 4.51. The quantitative estimate of drug-likeness (QED) is 0.783. The zero-order chi connectivity index (χ0) is 17.9. The van der Waals surface area contributed by atoms with Crippen LogP contribution >= 0.6 is 0 Å². The smallest absolute Gasteiger partial charge is 0.276 e. The van der Waals surface area contributed by atoms with Crippen LogP contribution in [0.15, 0.2) is 42.6 Å². The molecule has 7 heteroatoms. The molecule has 1 unspecified atom stereocenters. The number of aromatic amines is 1. The Labute approximate surface area is 152 Å². The van der Waals surface area contributed by atoms with Crippen molar-refractivity contribution in [3.05, 3.63) is 65.2 Å². The zero-order valence-corrected chi connectivity index (χ0v) is 14.8. The topological polar surface area (TPSA) is 79.7 Å². The summed E-state index contributed by atoms with van der Waals surface area (Å²) in [5.41, 5.74) is 3.48. The molecule has 1 N–H and O–H groups in total. The molecule has 0 saturated carbocycles. The fraction of sp³-hybridized carbons (Fsp3) is 0.368. The first-order valence-electron chi connectivity index (χ1n) is 8.95. The summed E-state index contributed by atoms with van der Waals surface area (Å²) in [4.78, 5) is 14.9. The molecule has 0 spiro atoms. The molecule has 3 heterocycles. The number of H-pyrrole nitrogens is 1. The van der Waals surface area contributed by atoms with E-state index in [-0.39, 0.29) is 5.91 Å². The number of piperidine rings is 1. The number of nitrogens with zero attached hydrogens (tertiary/aromatic N) is 5. The number of rotatable bonds is 4. The van der Waals surface area contributed by atoms with Gasteiger partial charge in [0.05, 0.1) is 12.2 Å². The maximum atomic E-state index is 13.0. The van der Waals surface area contributed by atoms with E-state index in [0.29, 0.717) is 24.7 Å². The van der Waals surface area contributed by atoms with Crippen molar-refractivity contribution < 1.29 is 4.79 Å². The van der Waals surface area contributed by atoms with Crippen molar-refractivity contribution in [2.45, 2.75) is 32.2 Å². The van der Waals surface area contributed by atoms with Gasteiger partial charge in [0.25, 0.3) is 5.91 Å². The highest BCUT2D eigenvalue weighted by atomic mass is 16.2. The van der Waals surface area contributed by atoms with Gasteiger partial charge in [0.2, 0.25) is 0 Å². The van der Waals surface area contributed by atoms with E-state index >= 15 is 0 Å². The van der Waals surface area contributed by atoms with Crippen LogP contribution in [0.2, 0.25) is 0 Å². The van der Waals surface area contributed by atoms with Crippen molar-refractivity contribution in [2.75, 3.05) is 13.1 Å². The van der Waals surface area contributed by atoms with E-state index in [4.69, 9.17) is 0 Å². The Balaban J connectivity index is 1.49. The Morgan fingerprint density at radius 2 is 2.12 bits per heavy atom. The Morgan fingerprint density at radius 3 is 2.88 bits per heavy atom. The summed E-state index contributed by atoms with van der Waals surface area (Å²) in [6.07, 6.45) is 3.80. The lowest BCUT2D eigenvalue weighted by Gasteiger charge is -2.31. The minimum Gasteiger partial charge on any atom is -0.337 e. The largest absolute Gasteiger partial charge is 0.337 e. The van der Waals surface area contributed by atoms with E-state index in [1.165, 1.54) is 0 Å². The fourth-order valence-corrected chi connectivity index (χ4v) is 3.52. The van der Waals surface area contributed by atoms with Crippen LogP contribution in [0.3, 0.4) is 0 Å². The molecule has 0 radical (unpaired) electrons. The van der Waals surface area contributed by atoms with Gasteiger partial charge < -0.3 is 4.90 Å². The zero-order valence-electron chi connectivity index (χ0n) is 14.8. The lowest BCUT2D eigenvalue weighted by Crippen LogP contribution is -2.39. The van der Waals surface area contributed by atoms with Gasteiger partial charge in [-0.1, -0.05) is 35.5 Å². The number of aromatic nitrogens is 5. The minimum atomic E-state index is -0.0361. The fourth-order valence-electron chi connectivity index (χ4n) is 3.52. The third kappa shape index (κ3) is 3.24. The van der Waals surface area contributed by atoms with Gasteiger partial charge in [-0.25, -0.2) is 4.68 Å². The van der Waals surface area contributed by atoms with E-state index in [1.54, 1.807) is 10.9 Å². The Bertz CT molecular complexity index is 871. The average Bonchev–Trinajstić information content (AvgIpc) is 3.33. The van der Waals surface area contributed by atoms with Gasteiger partial charge in [0.1, 0.15) is 0 Å². The summed E-state index contributed by atoms with van der Waals surface area (Å²) in [6, 6.07) is 12.1. The first-order chi connectivity index (χ1) is 12.7. The van der Waals surface area contributed by atoms with Crippen LogP contribution in [-0.2, 0) is 6.54 Å². The molecule has 1 fully saturated rings. The Morgan fingerprint density at radius 1 is 1.27 bits per heavy atom. The molecule has 0 aliphatic carbocycles. The van der Waals surface area contributed by atoms with E-state index in [2.05, 4.69) is 20.5 Å². The predicted molar refractivity (Wildman–Crippen MR) is 96.8 cm³/mol. The van der Waals surface area contributed by atoms with Gasteiger partial charge in [0, 0.05) is 30.9 Å². The van der Waals surface area contributed by atoms with Crippen LogP contribution < -0.4 is 0 Å². The van der Waals surface area contributed by atoms with E-state index in [1.807, 2.05) is 48.2 Å². The first-order valence-corrected chi connectivity index (χ1v) is 8.95. The monoisotopic (exact) mass is 350 g/mol. The summed E-state index contributed by atoms with van der Waals surface area (Å²) in [5, 5.41) is 15.4. The summed E-state index contributed by atoms with van der Waals surface area (Å²) in [5.74, 6) is 0.265. The molecule has 1 amide bonds. The molecule has 2 aromatic heterocycles. The molecule has 1 aromatic carbocycles. The molecular formula is C19H22N6O. The number of likely N-dealkylation sites (tertiary alicyclic amines) is 1. The van der Waals surface area contributed by atoms with Crippen LogP contribution in [0.25, 0.3) is 0 Å². The van der Waals surface area contributed by atoms with Gasteiger partial charge in [0.15, 0.2) is 5.69 Å². The van der Waals surface area contributed by atoms with E-state index in [0.717, 1.165) is 36.3 Å². The number of hydrogen-bond donors (Lipinski definition) is 1. The number of nitrogens with one attached hydrogen (secondary N) is 1. The molecule has 26 heavy (non-hydrogen) atoms. The van der Waals surface area contributed by atoms with Crippen molar-refractivity contribution in [2.24, 2.45) is 0 Å². The van der Waals surface area contributed by atoms with Crippen molar-refractivity contribution >= 4 is 5.91 Å². The molecule has 3 aromatic rings. The highest BCUT2D eigenvalue weighted by Crippen LogP contribution is 2.26. The number of hydrogen-bond acceptors (Lipinski definition) is 4. The SMILES string of the molecule is Cc1c(C(=O)N2CCCC(c3ccn[nH]3)C2)nnn1Cc1ccccc1. The molecule has 134 valence electrons. The second-order valence-electron chi connectivity index (χ2n) is 6.77. The maximum Gasteiger partial charge on any atom is 0.276 e. The van der Waals surface area contributed by atoms with Gasteiger partial charge in [-0.15, -0.1) is 5.10 Å². The second-order valence-corrected chi connectivity index (χ2v) is 6.77. The van der Waals surface area contributed by atoms with Crippen LogP contribution in [0, 0.1) is 6.92 Å². The number of amides is 1. The van der Waals surface area contributed by atoms with Gasteiger partial charge in [-0.3, -0.25) is 9.89 Å². The molecule has 1 saturated heterocycles. The predicted octanol–water partition coefficient (Wildman–Crippen LogP) is 2.38. The van der Waals surface area contributed by atoms with Crippen molar-refractivity contribution in [1.82, 2.24) is 30.1 Å². The molecule has 1 atom stereocenters. The summed E-state index contributed by atoms with van der Waals surface area (Å²) >= 11 is 0. The number of carbonyl (C=O) groups is 1. The third-order valence-electron chi connectivity index (χ3n) is 5.03. The lowest BCUT2D eigenvalue weighted by molar-refractivity contribution is 0.0699. The normalized spacial score (nSPS) is 17.4. The maximum absolute atomic E-state index is 13.0. The van der Waals surface area contributed by atoms with Gasteiger partial charge in [-0.2, -0.15) is 5.10 Å². The molecule has 1 aliphatic heterocycles. The van der Waals surface area contributed by atoms with Crippen molar-refractivity contribution in [3.63, 3.8) is 0 Å². The summed E-state index contributed by atoms with van der Waals surface area (Å²) < 4.78 is 1.79. The van der Waals surface area contributed by atoms with E-state index in [9.17, 15) is 4.79 Å². The second kappa shape index (κ2) is 7.11. The van der Waals surface area contributed by atoms with Crippen molar-refractivity contribution in [1.29, 1.82) is 0 Å². The van der Waals surface area contributed by atoms with Crippen molar-refractivity contribution in [3.8, 4) is 0 Å². The molecule has 1 aliphatic rings. The molecule has 4 rings (SSSR count). The highest BCUT2D eigenvalue weighted by molar-refractivity contribution is 5.93. The van der Waals surface area contributed by atoms with Crippen LogP contribution in [0.4, 0.5) is 0 Å². The molecule has 0 bridgehead atoms. The van der Waals surface area contributed by atoms with Crippen LogP contribution in [0.5, 0.6) is 0 Å². The third-order valence-corrected chi connectivity index (χ3v) is 5.03. The van der Waals surface area contributed by atoms with Crippen LogP contribution in [-0.4, -0.2) is 49.1 Å². The highest BCUT2D eigenvalue weighted by Gasteiger charge is 2.29. The standard InChI is InChI=1S/C19H22N6O/c1-14-18(22-23-25(14)12-15-6-3-2-4-7-15)19(26)24-11-5-8-16(13-24)17-9-10-20-21-17/h2-4,6-7,9-10,16H,5,8,11-13H2,1H3,(H,20,21). The van der Waals surface area contributed by atoms with Gasteiger partial charge >= 0.3 is 0 Å². The van der Waals surface area contributed by atoms with Crippen LogP contribution in [0.1, 0.15) is 46.2 Å². The first kappa shape index (κ1) is 16.5. The average molecular weight is 350 g/mol. The summed E-state index contributed by atoms with van der Waals surface area (Å²) in [7, 11) is 0. The Hall–Kier alpha value is -2.96.